The van der Waals surface area contributed by atoms with E-state index < -0.39 is 23.2 Å². The first kappa shape index (κ1) is 26.0. The van der Waals surface area contributed by atoms with E-state index in [-0.39, 0.29) is 17.9 Å². The standard InChI is InChI=1S/C33H40N2O5/c1-4-5-18-39-26-13-10-20(2)27-28(26)40-29-25(35-30(36)23-8-6-7-9-24(23)31(35)37)14-15-33(38)21(3)34(19-22-11-12-22)17-16-32(27,29)33/h6-10,13,21-22,25,29,38H,4-5,11-12,14-19H2,1-3H3/t21-,25-,29+,32+,33-/m1/s1. The van der Waals surface area contributed by atoms with Gasteiger partial charge >= 0.3 is 0 Å². The minimum absolute atomic E-state index is 0.0777. The van der Waals surface area contributed by atoms with Gasteiger partial charge in [-0.05, 0) is 88.6 Å². The molecule has 0 bridgehead atoms. The zero-order valence-corrected chi connectivity index (χ0v) is 23.8. The second-order valence-corrected chi connectivity index (χ2v) is 12.7. The van der Waals surface area contributed by atoms with E-state index >= 15 is 0 Å². The number of carbonyl (C=O) groups is 2. The van der Waals surface area contributed by atoms with Crippen molar-refractivity contribution in [1.82, 2.24) is 9.80 Å². The van der Waals surface area contributed by atoms with Crippen LogP contribution in [0.3, 0.4) is 0 Å². The smallest absolute Gasteiger partial charge is 0.261 e. The maximum atomic E-state index is 13.7. The number of imide groups is 1. The number of aryl methyl sites for hydroxylation is 1. The highest BCUT2D eigenvalue weighted by atomic mass is 16.5. The monoisotopic (exact) mass is 544 g/mol. The molecule has 3 aliphatic heterocycles. The average molecular weight is 545 g/mol. The SMILES string of the molecule is CCCCOc1ccc(C)c2c1O[C@H]1[C@H](N3C(=O)c4ccccc4C3=O)CC[C@@]3(O)[C@@H](C)N(CC4CC4)CC[C@]213. The van der Waals surface area contributed by atoms with Crippen LogP contribution < -0.4 is 9.47 Å². The highest BCUT2D eigenvalue weighted by Gasteiger charge is 2.71. The van der Waals surface area contributed by atoms with E-state index in [9.17, 15) is 14.7 Å². The van der Waals surface area contributed by atoms with Crippen molar-refractivity contribution in [2.75, 3.05) is 19.7 Å². The fourth-order valence-electron chi connectivity index (χ4n) is 8.29. The number of carbonyl (C=O) groups excluding carboxylic acids is 2. The highest BCUT2D eigenvalue weighted by molar-refractivity contribution is 6.21. The maximum Gasteiger partial charge on any atom is 0.261 e. The molecular formula is C33H40N2O5. The van der Waals surface area contributed by atoms with Crippen molar-refractivity contribution in [2.24, 2.45) is 5.92 Å². The third-order valence-corrected chi connectivity index (χ3v) is 10.6. The number of piperidine rings is 1. The van der Waals surface area contributed by atoms with Crippen molar-refractivity contribution in [2.45, 2.75) is 94.9 Å². The zero-order chi connectivity index (χ0) is 27.8. The topological polar surface area (TPSA) is 79.3 Å². The molecule has 7 heteroatoms. The Morgan fingerprint density at radius 3 is 2.45 bits per heavy atom. The van der Waals surface area contributed by atoms with Crippen LogP contribution in [0.15, 0.2) is 36.4 Å². The van der Waals surface area contributed by atoms with Crippen molar-refractivity contribution in [1.29, 1.82) is 0 Å². The predicted molar refractivity (Wildman–Crippen MR) is 151 cm³/mol. The number of nitrogens with zero attached hydrogens (tertiary/aromatic N) is 2. The van der Waals surface area contributed by atoms with Crippen LogP contribution in [0.5, 0.6) is 11.5 Å². The zero-order valence-electron chi connectivity index (χ0n) is 23.8. The Kier molecular flexibility index (Phi) is 6.06. The lowest BCUT2D eigenvalue weighted by molar-refractivity contribution is -0.187. The van der Waals surface area contributed by atoms with E-state index in [1.165, 1.54) is 17.7 Å². The first-order chi connectivity index (χ1) is 19.3. The van der Waals surface area contributed by atoms with E-state index in [1.54, 1.807) is 24.3 Å². The lowest BCUT2D eigenvalue weighted by Crippen LogP contribution is -2.76. The maximum absolute atomic E-state index is 13.7. The number of likely N-dealkylation sites (tertiary alicyclic amines) is 1. The van der Waals surface area contributed by atoms with Crippen LogP contribution in [0.4, 0.5) is 0 Å². The molecule has 3 fully saturated rings. The molecule has 2 aromatic rings. The summed E-state index contributed by atoms with van der Waals surface area (Å²) in [7, 11) is 0. The Labute approximate surface area is 236 Å². The Hall–Kier alpha value is -2.90. The molecule has 7 rings (SSSR count). The second-order valence-electron chi connectivity index (χ2n) is 12.7. The lowest BCUT2D eigenvalue weighted by Gasteiger charge is -2.62. The Bertz CT molecular complexity index is 1340. The largest absolute Gasteiger partial charge is 0.490 e. The van der Waals surface area contributed by atoms with Crippen LogP contribution in [0.1, 0.15) is 90.6 Å². The van der Waals surface area contributed by atoms with Crippen molar-refractivity contribution < 1.29 is 24.2 Å². The van der Waals surface area contributed by atoms with Gasteiger partial charge in [0.15, 0.2) is 11.5 Å². The number of benzene rings is 2. The van der Waals surface area contributed by atoms with Crippen LogP contribution >= 0.6 is 0 Å². The molecule has 5 aliphatic rings. The number of rotatable bonds is 7. The van der Waals surface area contributed by atoms with Crippen LogP contribution in [0, 0.1) is 12.8 Å². The van der Waals surface area contributed by atoms with Crippen molar-refractivity contribution in [3.8, 4) is 11.5 Å². The van der Waals surface area contributed by atoms with Gasteiger partial charge < -0.3 is 14.6 Å². The number of unbranched alkanes of at least 4 members (excludes halogenated alkanes) is 1. The van der Waals surface area contributed by atoms with E-state index in [1.807, 2.05) is 6.07 Å². The summed E-state index contributed by atoms with van der Waals surface area (Å²) >= 11 is 0. The number of amides is 2. The van der Waals surface area contributed by atoms with E-state index in [2.05, 4.69) is 31.7 Å². The third-order valence-electron chi connectivity index (χ3n) is 10.6. The fraction of sp³-hybridized carbons (Fsp3) is 0.576. The molecule has 7 nitrogen and oxygen atoms in total. The first-order valence-corrected chi connectivity index (χ1v) is 15.2. The molecule has 40 heavy (non-hydrogen) atoms. The number of fused-ring (bicyclic) bond motifs is 2. The Morgan fingerprint density at radius 1 is 1.05 bits per heavy atom. The van der Waals surface area contributed by atoms with E-state index in [4.69, 9.17) is 9.47 Å². The van der Waals surface area contributed by atoms with Gasteiger partial charge in [-0.2, -0.15) is 0 Å². The molecule has 0 aromatic heterocycles. The second kappa shape index (κ2) is 9.31. The van der Waals surface area contributed by atoms with Gasteiger partial charge in [0.25, 0.3) is 11.8 Å². The quantitative estimate of drug-likeness (QED) is 0.396. The number of ether oxygens (including phenoxy) is 2. The van der Waals surface area contributed by atoms with Gasteiger partial charge in [-0.15, -0.1) is 0 Å². The predicted octanol–water partition coefficient (Wildman–Crippen LogP) is 4.87. The van der Waals surface area contributed by atoms with Gasteiger partial charge in [0.05, 0.1) is 34.8 Å². The van der Waals surface area contributed by atoms with Gasteiger partial charge in [0, 0.05) is 18.2 Å². The molecule has 1 N–H and O–H groups in total. The summed E-state index contributed by atoms with van der Waals surface area (Å²) in [6.45, 7) is 8.83. The third kappa shape index (κ3) is 3.49. The van der Waals surface area contributed by atoms with E-state index in [0.717, 1.165) is 43.0 Å². The van der Waals surface area contributed by atoms with Gasteiger partial charge in [0.1, 0.15) is 6.10 Å². The molecule has 1 spiro atoms. The number of hydrogen-bond acceptors (Lipinski definition) is 6. The van der Waals surface area contributed by atoms with Crippen LogP contribution in [0.2, 0.25) is 0 Å². The summed E-state index contributed by atoms with van der Waals surface area (Å²) in [4.78, 5) is 31.3. The van der Waals surface area contributed by atoms with Crippen LogP contribution in [-0.4, -0.2) is 70.2 Å². The van der Waals surface area contributed by atoms with Crippen molar-refractivity contribution in [3.63, 3.8) is 0 Å². The van der Waals surface area contributed by atoms with E-state index in [0.29, 0.717) is 48.5 Å². The molecule has 2 amide bonds. The summed E-state index contributed by atoms with van der Waals surface area (Å²) in [5.41, 5.74) is 1.14. The normalized spacial score (nSPS) is 32.8. The molecule has 3 heterocycles. The first-order valence-electron chi connectivity index (χ1n) is 15.2. The molecule has 5 atom stereocenters. The minimum Gasteiger partial charge on any atom is -0.490 e. The summed E-state index contributed by atoms with van der Waals surface area (Å²) in [5.74, 6) is 1.57. The van der Waals surface area contributed by atoms with Crippen LogP contribution in [0.25, 0.3) is 0 Å². The minimum atomic E-state index is -1.07. The Balaban J connectivity index is 1.35. The van der Waals surface area contributed by atoms with Crippen LogP contribution in [-0.2, 0) is 5.41 Å². The Morgan fingerprint density at radius 2 is 1.77 bits per heavy atom. The molecule has 0 unspecified atom stereocenters. The molecule has 2 aliphatic carbocycles. The van der Waals surface area contributed by atoms with Gasteiger partial charge in [-0.1, -0.05) is 31.5 Å². The van der Waals surface area contributed by atoms with Gasteiger partial charge in [-0.25, -0.2) is 0 Å². The summed E-state index contributed by atoms with van der Waals surface area (Å²) in [6.07, 6.45) is 5.63. The highest BCUT2D eigenvalue weighted by Crippen LogP contribution is 2.63. The molecule has 2 aromatic carbocycles. The van der Waals surface area contributed by atoms with Gasteiger partial charge in [0.2, 0.25) is 0 Å². The van der Waals surface area contributed by atoms with Crippen molar-refractivity contribution in [3.05, 3.63) is 58.7 Å². The lowest BCUT2D eigenvalue weighted by atomic mass is 9.51. The molecular weight excluding hydrogens is 504 g/mol. The number of aliphatic hydroxyl groups is 1. The fourth-order valence-corrected chi connectivity index (χ4v) is 8.29. The average Bonchev–Trinajstić information content (AvgIpc) is 3.65. The summed E-state index contributed by atoms with van der Waals surface area (Å²) in [6, 6.07) is 10.6. The molecule has 212 valence electrons. The molecule has 0 radical (unpaired) electrons. The summed E-state index contributed by atoms with van der Waals surface area (Å²) in [5, 5.41) is 12.9. The molecule has 1 saturated heterocycles. The number of hydrogen-bond donors (Lipinski definition) is 1. The molecule has 2 saturated carbocycles. The van der Waals surface area contributed by atoms with Crippen molar-refractivity contribution >= 4 is 11.8 Å². The van der Waals surface area contributed by atoms with Gasteiger partial charge in [-0.3, -0.25) is 19.4 Å². The summed E-state index contributed by atoms with van der Waals surface area (Å²) < 4.78 is 13.2.